The molecule has 1 saturated heterocycles. The van der Waals surface area contributed by atoms with E-state index in [4.69, 9.17) is 20.3 Å². The standard InChI is InChI=1S/C36H24N4.Cu/c1-2-10-22-21(9-1)29-17-31-23-11-3-4-12-24(23)33(38-31)19-35-27-15-7-8-16-28(27)36(40-35)20-34-26-14-6-5-13-25(26)32(39-34)18-30(22)37-29;/h1-22,31,34H;/q-2;+2/b29-17-,30-18-,35-19-,36-20-;. The molecule has 4 aromatic rings. The van der Waals surface area contributed by atoms with Crippen molar-refractivity contribution in [2.45, 2.75) is 12.1 Å². The number of nitrogens with zero attached hydrogens (tertiary/aromatic N) is 4. The van der Waals surface area contributed by atoms with Gasteiger partial charge in [0.15, 0.2) is 0 Å². The van der Waals surface area contributed by atoms with Crippen LogP contribution in [0.25, 0.3) is 28.2 Å². The molecule has 8 bridgehead atoms. The Morgan fingerprint density at radius 1 is 0.561 bits per heavy atom. The minimum absolute atomic E-state index is 0. The van der Waals surface area contributed by atoms with Crippen molar-refractivity contribution in [2.75, 3.05) is 0 Å². The van der Waals surface area contributed by atoms with E-state index in [1.807, 2.05) is 0 Å². The van der Waals surface area contributed by atoms with E-state index in [2.05, 4.69) is 121 Å². The van der Waals surface area contributed by atoms with Gasteiger partial charge < -0.3 is 10.3 Å². The third-order valence-corrected chi connectivity index (χ3v) is 8.67. The van der Waals surface area contributed by atoms with Crippen LogP contribution in [0.15, 0.2) is 131 Å². The molecule has 1 aromatic heterocycles. The maximum absolute atomic E-state index is 5.24. The molecule has 0 N–H and O–H groups in total. The van der Waals surface area contributed by atoms with Crippen LogP contribution in [0.1, 0.15) is 34.3 Å². The van der Waals surface area contributed by atoms with Gasteiger partial charge >= 0.3 is 17.1 Å². The second kappa shape index (κ2) is 9.31. The number of aliphatic imine (C=N–C) groups is 2. The van der Waals surface area contributed by atoms with Gasteiger partial charge in [-0.05, 0) is 33.7 Å². The predicted octanol–water partition coefficient (Wildman–Crippen LogP) is 5.97. The van der Waals surface area contributed by atoms with E-state index in [-0.39, 0.29) is 41.0 Å². The van der Waals surface area contributed by atoms with Gasteiger partial charge in [0, 0.05) is 11.1 Å². The molecule has 5 heterocycles. The molecule has 4 nitrogen and oxygen atoms in total. The first-order chi connectivity index (χ1) is 19.8. The zero-order valence-corrected chi connectivity index (χ0v) is 22.9. The zero-order chi connectivity index (χ0) is 26.2. The fraction of sp³-hybridized carbons (Fsp3) is 0.111. The van der Waals surface area contributed by atoms with Crippen LogP contribution in [0.2, 0.25) is 0 Å². The van der Waals surface area contributed by atoms with Gasteiger partial charge in [0.25, 0.3) is 0 Å². The minimum Gasteiger partial charge on any atom is -0.664 e. The van der Waals surface area contributed by atoms with Crippen LogP contribution >= 0.6 is 0 Å². The van der Waals surface area contributed by atoms with E-state index in [1.165, 1.54) is 16.7 Å². The van der Waals surface area contributed by atoms with Crippen molar-refractivity contribution >= 4 is 34.3 Å². The maximum Gasteiger partial charge on any atom is 2.00 e. The van der Waals surface area contributed by atoms with E-state index in [0.717, 1.165) is 49.9 Å². The van der Waals surface area contributed by atoms with Gasteiger partial charge in [0.2, 0.25) is 0 Å². The maximum atomic E-state index is 5.24. The van der Waals surface area contributed by atoms with Crippen molar-refractivity contribution in [3.05, 3.63) is 159 Å². The van der Waals surface area contributed by atoms with Gasteiger partial charge in [0.05, 0.1) is 23.5 Å². The SMILES string of the molecule is C1=CC2/C3=C/C4=NC(/C=c5\[n-]/c(c6ccccc56)=C\C5=NC(/C=C(\[N-]3)C2C=C1)c1ccccc15)c1ccccc14.[Cu+2]. The molecule has 3 aromatic carbocycles. The van der Waals surface area contributed by atoms with E-state index in [1.54, 1.807) is 0 Å². The molecule has 4 unspecified atom stereocenters. The topological polar surface area (TPSA) is 52.9 Å². The molecule has 41 heavy (non-hydrogen) atoms. The molecule has 0 spiro atoms. The van der Waals surface area contributed by atoms with Gasteiger partial charge in [-0.2, -0.15) is 5.70 Å². The Morgan fingerprint density at radius 3 is 1.83 bits per heavy atom. The summed E-state index contributed by atoms with van der Waals surface area (Å²) in [4.78, 5) is 15.7. The Kier molecular flexibility index (Phi) is 5.53. The monoisotopic (exact) mass is 575 g/mol. The van der Waals surface area contributed by atoms with E-state index >= 15 is 0 Å². The Morgan fingerprint density at radius 2 is 1.12 bits per heavy atom. The quantitative estimate of drug-likeness (QED) is 0.238. The second-order valence-electron chi connectivity index (χ2n) is 10.9. The molecule has 0 amide bonds. The van der Waals surface area contributed by atoms with Crippen molar-refractivity contribution in [1.82, 2.24) is 4.98 Å². The Balaban J connectivity index is 0.00000256. The molecule has 1 aliphatic carbocycles. The number of rotatable bonds is 0. The van der Waals surface area contributed by atoms with Crippen molar-refractivity contribution in [2.24, 2.45) is 21.8 Å². The van der Waals surface area contributed by atoms with Crippen molar-refractivity contribution in [3.8, 4) is 0 Å². The fourth-order valence-electron chi connectivity index (χ4n) is 6.78. The molecule has 5 heteroatoms. The van der Waals surface area contributed by atoms with Gasteiger partial charge in [-0.15, -0.1) is 16.4 Å². The number of benzene rings is 3. The van der Waals surface area contributed by atoms with Crippen LogP contribution in [0.4, 0.5) is 0 Å². The van der Waals surface area contributed by atoms with Gasteiger partial charge in [0.1, 0.15) is 0 Å². The summed E-state index contributed by atoms with van der Waals surface area (Å²) in [6, 6.07) is 25.4. The summed E-state index contributed by atoms with van der Waals surface area (Å²) in [6.07, 6.45) is 17.6. The molecular formula is C36H24CuN4. The molecule has 5 aliphatic rings. The minimum atomic E-state index is -0.106. The number of fused-ring (bicyclic) bond motifs is 18. The van der Waals surface area contributed by atoms with Crippen molar-refractivity contribution in [1.29, 1.82) is 0 Å². The van der Waals surface area contributed by atoms with Gasteiger partial charge in [-0.3, -0.25) is 9.98 Å². The average molecular weight is 576 g/mol. The Labute approximate surface area is 248 Å². The molecule has 199 valence electrons. The second-order valence-corrected chi connectivity index (χ2v) is 10.9. The molecule has 1 fully saturated rings. The molecule has 4 aliphatic heterocycles. The van der Waals surface area contributed by atoms with Crippen LogP contribution in [0.3, 0.4) is 0 Å². The fourth-order valence-corrected chi connectivity index (χ4v) is 6.78. The Bertz CT molecular complexity index is 2070. The van der Waals surface area contributed by atoms with Crippen LogP contribution in [0, 0.1) is 11.8 Å². The van der Waals surface area contributed by atoms with E-state index in [9.17, 15) is 0 Å². The number of aromatic nitrogens is 1. The first-order valence-electron chi connectivity index (χ1n) is 13.9. The van der Waals surface area contributed by atoms with Crippen molar-refractivity contribution in [3.63, 3.8) is 0 Å². The number of hydrogen-bond acceptors (Lipinski definition) is 2. The van der Waals surface area contributed by atoms with Crippen LogP contribution < -0.4 is 15.7 Å². The predicted molar refractivity (Wildman–Crippen MR) is 162 cm³/mol. The molecular weight excluding hydrogens is 552 g/mol. The first-order valence-corrected chi connectivity index (χ1v) is 13.9. The average Bonchev–Trinajstić information content (AvgIpc) is 3.73. The normalized spacial score (nSPS) is 28.6. The van der Waals surface area contributed by atoms with E-state index in [0.29, 0.717) is 0 Å². The third kappa shape index (κ3) is 3.73. The summed E-state index contributed by atoms with van der Waals surface area (Å²) in [7, 11) is 0. The number of allylic oxidation sites excluding steroid dienone is 5. The smallest absolute Gasteiger partial charge is 0.664 e. The van der Waals surface area contributed by atoms with Crippen molar-refractivity contribution < 1.29 is 17.1 Å². The zero-order valence-electron chi connectivity index (χ0n) is 21.9. The largest absolute Gasteiger partial charge is 2.00 e. The Hall–Kier alpha value is -4.44. The van der Waals surface area contributed by atoms with E-state index < -0.39 is 0 Å². The summed E-state index contributed by atoms with van der Waals surface area (Å²) in [6.45, 7) is 0. The van der Waals surface area contributed by atoms with Crippen LogP contribution in [0.5, 0.6) is 0 Å². The van der Waals surface area contributed by atoms with Gasteiger partial charge in [-0.1, -0.05) is 121 Å². The van der Waals surface area contributed by atoms with Crippen LogP contribution in [-0.2, 0) is 17.1 Å². The molecule has 0 saturated carbocycles. The first kappa shape index (κ1) is 24.4. The molecule has 1 radical (unpaired) electrons. The summed E-state index contributed by atoms with van der Waals surface area (Å²) < 4.78 is 0. The molecule has 4 atom stereocenters. The molecule has 9 rings (SSSR count). The summed E-state index contributed by atoms with van der Waals surface area (Å²) in [5.41, 5.74) is 8.83. The third-order valence-electron chi connectivity index (χ3n) is 8.67. The van der Waals surface area contributed by atoms with Crippen LogP contribution in [-0.4, -0.2) is 11.4 Å². The van der Waals surface area contributed by atoms with Gasteiger partial charge in [-0.25, -0.2) is 0 Å². The summed E-state index contributed by atoms with van der Waals surface area (Å²) in [5.74, 6) is 0.393. The number of hydrogen-bond donors (Lipinski definition) is 0. The summed E-state index contributed by atoms with van der Waals surface area (Å²) in [5, 5.41) is 9.41. The summed E-state index contributed by atoms with van der Waals surface area (Å²) >= 11 is 0.